The number of isocyanates is 1. The molecule has 2 aromatic carbocycles. The van der Waals surface area contributed by atoms with Crippen LogP contribution >= 0.6 is 0 Å². The number of para-hydroxylation sites is 1. The molecule has 2 rings (SSSR count). The second kappa shape index (κ2) is 4.96. The predicted octanol–water partition coefficient (Wildman–Crippen LogP) is 2.49. The normalized spacial score (nSPS) is 10.7. The Morgan fingerprint density at radius 2 is 1.50 bits per heavy atom. The van der Waals surface area contributed by atoms with E-state index in [4.69, 9.17) is 0 Å². The average molecular weight is 259 g/mol. The quantitative estimate of drug-likeness (QED) is 0.628. The van der Waals surface area contributed by atoms with Gasteiger partial charge < -0.3 is 0 Å². The average Bonchev–Trinajstić information content (AvgIpc) is 2.41. The molecule has 0 aliphatic heterocycles. The first-order chi connectivity index (χ1) is 8.66. The second-order valence-corrected chi connectivity index (χ2v) is 5.41. The monoisotopic (exact) mass is 259 g/mol. The van der Waals surface area contributed by atoms with E-state index in [9.17, 15) is 13.2 Å². The van der Waals surface area contributed by atoms with Gasteiger partial charge in [0.2, 0.25) is 15.9 Å². The molecule has 2 aromatic rings. The molecule has 5 heteroatoms. The minimum absolute atomic E-state index is 0.000417. The van der Waals surface area contributed by atoms with Gasteiger partial charge in [0.05, 0.1) is 15.5 Å². The molecule has 0 heterocycles. The van der Waals surface area contributed by atoms with Crippen LogP contribution in [-0.2, 0) is 14.6 Å². The van der Waals surface area contributed by atoms with Crippen molar-refractivity contribution < 1.29 is 13.2 Å². The summed E-state index contributed by atoms with van der Waals surface area (Å²) in [4.78, 5) is 13.9. The minimum atomic E-state index is -3.66. The highest BCUT2D eigenvalue weighted by Crippen LogP contribution is 2.28. The summed E-state index contributed by atoms with van der Waals surface area (Å²) in [5.41, 5.74) is 0.0938. The zero-order chi connectivity index (χ0) is 13.0. The van der Waals surface area contributed by atoms with Crippen LogP contribution in [-0.4, -0.2) is 14.5 Å². The van der Waals surface area contributed by atoms with Gasteiger partial charge in [-0.05, 0) is 24.3 Å². The maximum Gasteiger partial charge on any atom is 0.240 e. The number of rotatable bonds is 3. The Bertz CT molecular complexity index is 702. The molecular formula is C13H9NO3S. The molecule has 0 aliphatic rings. The number of aliphatic imine (C=N–C) groups is 1. The van der Waals surface area contributed by atoms with Crippen molar-refractivity contribution in [1.29, 1.82) is 0 Å². The lowest BCUT2D eigenvalue weighted by Gasteiger charge is -2.06. The van der Waals surface area contributed by atoms with Gasteiger partial charge in [-0.15, -0.1) is 0 Å². The zero-order valence-corrected chi connectivity index (χ0v) is 10.1. The molecule has 0 N–H and O–H groups in total. The largest absolute Gasteiger partial charge is 0.240 e. The van der Waals surface area contributed by atoms with E-state index >= 15 is 0 Å². The summed E-state index contributed by atoms with van der Waals surface area (Å²) in [5, 5.41) is 0. The predicted molar refractivity (Wildman–Crippen MR) is 66.1 cm³/mol. The third kappa shape index (κ3) is 2.22. The Balaban J connectivity index is 2.66. The van der Waals surface area contributed by atoms with Crippen molar-refractivity contribution in [1.82, 2.24) is 0 Å². The van der Waals surface area contributed by atoms with Crippen LogP contribution in [0.25, 0.3) is 0 Å². The number of hydrogen-bond donors (Lipinski definition) is 0. The van der Waals surface area contributed by atoms with Crippen LogP contribution in [0.1, 0.15) is 0 Å². The van der Waals surface area contributed by atoms with E-state index in [2.05, 4.69) is 4.99 Å². The molecule has 18 heavy (non-hydrogen) atoms. The van der Waals surface area contributed by atoms with E-state index in [1.54, 1.807) is 30.3 Å². The van der Waals surface area contributed by atoms with Gasteiger partial charge >= 0.3 is 0 Å². The first-order valence-electron chi connectivity index (χ1n) is 5.13. The van der Waals surface area contributed by atoms with E-state index in [1.807, 2.05) is 0 Å². The number of sulfone groups is 1. The van der Waals surface area contributed by atoms with E-state index in [0.717, 1.165) is 0 Å². The topological polar surface area (TPSA) is 63.6 Å². The SMILES string of the molecule is O=C=Nc1ccccc1S(=O)(=O)c1ccccc1. The number of hydrogen-bond acceptors (Lipinski definition) is 4. The van der Waals surface area contributed by atoms with Crippen LogP contribution in [0.15, 0.2) is 69.4 Å². The molecule has 0 unspecified atom stereocenters. The molecule has 0 fully saturated rings. The molecule has 90 valence electrons. The highest BCUT2D eigenvalue weighted by atomic mass is 32.2. The van der Waals surface area contributed by atoms with Crippen molar-refractivity contribution in [3.05, 3.63) is 54.6 Å². The highest BCUT2D eigenvalue weighted by Gasteiger charge is 2.20. The third-order valence-electron chi connectivity index (χ3n) is 2.37. The summed E-state index contributed by atoms with van der Waals surface area (Å²) >= 11 is 0. The summed E-state index contributed by atoms with van der Waals surface area (Å²) < 4.78 is 24.7. The van der Waals surface area contributed by atoms with Gasteiger partial charge in [-0.3, -0.25) is 0 Å². The molecule has 0 bridgehead atoms. The van der Waals surface area contributed by atoms with E-state index in [-0.39, 0.29) is 15.5 Å². The van der Waals surface area contributed by atoms with Gasteiger partial charge in [0.1, 0.15) is 0 Å². The van der Waals surface area contributed by atoms with Crippen molar-refractivity contribution in [2.75, 3.05) is 0 Å². The van der Waals surface area contributed by atoms with Crippen LogP contribution in [0, 0.1) is 0 Å². The van der Waals surface area contributed by atoms with Crippen LogP contribution in [0.2, 0.25) is 0 Å². The van der Waals surface area contributed by atoms with Crippen molar-refractivity contribution in [2.24, 2.45) is 4.99 Å². The lowest BCUT2D eigenvalue weighted by molar-refractivity contribution is 0.565. The maximum atomic E-state index is 12.3. The first kappa shape index (κ1) is 12.2. The molecule has 0 atom stereocenters. The molecule has 0 aliphatic carbocycles. The molecule has 0 spiro atoms. The number of nitrogens with zero attached hydrogens (tertiary/aromatic N) is 1. The molecule has 0 amide bonds. The van der Waals surface area contributed by atoms with Crippen LogP contribution in [0.5, 0.6) is 0 Å². The van der Waals surface area contributed by atoms with Gasteiger partial charge in [0, 0.05) is 0 Å². The Morgan fingerprint density at radius 1 is 0.889 bits per heavy atom. The van der Waals surface area contributed by atoms with Gasteiger partial charge in [0.15, 0.2) is 0 Å². The van der Waals surface area contributed by atoms with Crippen molar-refractivity contribution >= 4 is 21.6 Å². The van der Waals surface area contributed by atoms with Crippen molar-refractivity contribution in [3.8, 4) is 0 Å². The Morgan fingerprint density at radius 3 is 2.17 bits per heavy atom. The molecule has 0 radical (unpaired) electrons. The summed E-state index contributed by atoms with van der Waals surface area (Å²) in [6.07, 6.45) is 1.36. The molecule has 0 aromatic heterocycles. The standard InChI is InChI=1S/C13H9NO3S/c15-10-14-12-8-4-5-9-13(12)18(16,17)11-6-2-1-3-7-11/h1-9H. The maximum absolute atomic E-state index is 12.3. The van der Waals surface area contributed by atoms with E-state index in [1.165, 1.54) is 30.3 Å². The van der Waals surface area contributed by atoms with Crippen LogP contribution in [0.3, 0.4) is 0 Å². The highest BCUT2D eigenvalue weighted by molar-refractivity contribution is 7.91. The third-order valence-corrected chi connectivity index (χ3v) is 4.19. The Labute approximate surface area is 105 Å². The van der Waals surface area contributed by atoms with Crippen molar-refractivity contribution in [2.45, 2.75) is 9.79 Å². The fourth-order valence-electron chi connectivity index (χ4n) is 1.55. The lowest BCUT2D eigenvalue weighted by atomic mass is 10.3. The molecule has 4 nitrogen and oxygen atoms in total. The van der Waals surface area contributed by atoms with Gasteiger partial charge in [-0.2, -0.15) is 4.99 Å². The van der Waals surface area contributed by atoms with Crippen LogP contribution < -0.4 is 0 Å². The fraction of sp³-hybridized carbons (Fsp3) is 0. The van der Waals surface area contributed by atoms with Crippen LogP contribution in [0.4, 0.5) is 5.69 Å². The Kier molecular flexibility index (Phi) is 3.37. The van der Waals surface area contributed by atoms with Gasteiger partial charge in [0.25, 0.3) is 0 Å². The van der Waals surface area contributed by atoms with Gasteiger partial charge in [-0.25, -0.2) is 13.2 Å². The zero-order valence-electron chi connectivity index (χ0n) is 9.28. The second-order valence-electron chi connectivity index (χ2n) is 3.49. The van der Waals surface area contributed by atoms with Crippen molar-refractivity contribution in [3.63, 3.8) is 0 Å². The Hall–Kier alpha value is -2.23. The summed E-state index contributed by atoms with van der Waals surface area (Å²) in [5.74, 6) is 0. The smallest absolute Gasteiger partial charge is 0.218 e. The first-order valence-corrected chi connectivity index (χ1v) is 6.61. The molecule has 0 saturated carbocycles. The lowest BCUT2D eigenvalue weighted by Crippen LogP contribution is -2.01. The summed E-state index contributed by atoms with van der Waals surface area (Å²) in [6.45, 7) is 0. The number of benzene rings is 2. The van der Waals surface area contributed by atoms with E-state index < -0.39 is 9.84 Å². The molecular weight excluding hydrogens is 250 g/mol. The summed E-state index contributed by atoms with van der Waals surface area (Å²) in [7, 11) is -3.66. The van der Waals surface area contributed by atoms with Gasteiger partial charge in [-0.1, -0.05) is 30.3 Å². The summed E-state index contributed by atoms with van der Waals surface area (Å²) in [6, 6.07) is 14.1. The number of carbonyl (C=O) groups excluding carboxylic acids is 1. The molecule has 0 saturated heterocycles. The minimum Gasteiger partial charge on any atom is -0.218 e. The van der Waals surface area contributed by atoms with E-state index in [0.29, 0.717) is 0 Å². The fourth-order valence-corrected chi connectivity index (χ4v) is 2.97.